The summed E-state index contributed by atoms with van der Waals surface area (Å²) in [5, 5.41) is 4.15. The summed E-state index contributed by atoms with van der Waals surface area (Å²) in [5.74, 6) is -1.28. The summed E-state index contributed by atoms with van der Waals surface area (Å²) in [5.41, 5.74) is 5.78. The lowest BCUT2D eigenvalue weighted by Gasteiger charge is -2.19. The smallest absolute Gasteiger partial charge is 0.151 e. The van der Waals surface area contributed by atoms with Crippen LogP contribution in [-0.2, 0) is 5.41 Å². The fraction of sp³-hybridized carbons (Fsp3) is 0.278. The van der Waals surface area contributed by atoms with Crippen LogP contribution >= 0.6 is 0 Å². The largest absolute Gasteiger partial charge is 0.275 e. The number of benzene rings is 2. The van der Waals surface area contributed by atoms with Gasteiger partial charge in [-0.3, -0.25) is 5.43 Å². The van der Waals surface area contributed by atoms with Gasteiger partial charge in [0.05, 0.1) is 11.4 Å². The summed E-state index contributed by atoms with van der Waals surface area (Å²) in [7, 11) is 0. The van der Waals surface area contributed by atoms with Crippen molar-refractivity contribution in [3.05, 3.63) is 65.2 Å². The Kier molecular flexibility index (Phi) is 4.59. The second-order valence-corrected chi connectivity index (χ2v) is 6.26. The molecule has 0 heterocycles. The summed E-state index contributed by atoms with van der Waals surface area (Å²) >= 11 is 0. The van der Waals surface area contributed by atoms with E-state index in [9.17, 15) is 8.78 Å². The Labute approximate surface area is 129 Å². The molecule has 0 atom stereocenters. The van der Waals surface area contributed by atoms with Gasteiger partial charge in [-0.2, -0.15) is 5.10 Å². The van der Waals surface area contributed by atoms with Gasteiger partial charge in [0.15, 0.2) is 5.82 Å². The number of rotatable bonds is 3. The maximum atomic E-state index is 13.5. The van der Waals surface area contributed by atoms with E-state index in [1.807, 2.05) is 19.1 Å². The van der Waals surface area contributed by atoms with Gasteiger partial charge in [-0.15, -0.1) is 0 Å². The summed E-state index contributed by atoms with van der Waals surface area (Å²) in [6.45, 7) is 8.30. The van der Waals surface area contributed by atoms with Crippen LogP contribution in [0.3, 0.4) is 0 Å². The molecule has 1 N–H and O–H groups in total. The molecule has 0 radical (unpaired) electrons. The summed E-state index contributed by atoms with van der Waals surface area (Å²) in [6, 6.07) is 11.4. The van der Waals surface area contributed by atoms with Crippen molar-refractivity contribution in [1.82, 2.24) is 0 Å². The van der Waals surface area contributed by atoms with Crippen molar-refractivity contribution < 1.29 is 8.78 Å². The molecule has 2 aromatic carbocycles. The fourth-order valence-corrected chi connectivity index (χ4v) is 2.00. The molecule has 0 aromatic heterocycles. The molecule has 0 aliphatic rings. The highest BCUT2D eigenvalue weighted by molar-refractivity contribution is 5.99. The standard InChI is InChI=1S/C18H20F2N2/c1-12(13-5-7-14(8-6-13)18(2,3)4)21-22-17-10-9-15(19)11-16(17)20/h5-11,22H,1-4H3/b21-12+. The van der Waals surface area contributed by atoms with Crippen LogP contribution in [0.2, 0.25) is 0 Å². The zero-order chi connectivity index (χ0) is 16.3. The second kappa shape index (κ2) is 6.26. The third-order valence-corrected chi connectivity index (χ3v) is 3.44. The average Bonchev–Trinajstić information content (AvgIpc) is 2.45. The maximum absolute atomic E-state index is 13.5. The Bertz CT molecular complexity index is 683. The van der Waals surface area contributed by atoms with Crippen molar-refractivity contribution in [1.29, 1.82) is 0 Å². The predicted molar refractivity (Wildman–Crippen MR) is 87.3 cm³/mol. The van der Waals surface area contributed by atoms with E-state index in [4.69, 9.17) is 0 Å². The van der Waals surface area contributed by atoms with Gasteiger partial charge in [-0.05, 0) is 35.6 Å². The van der Waals surface area contributed by atoms with Gasteiger partial charge in [0.1, 0.15) is 5.82 Å². The number of anilines is 1. The van der Waals surface area contributed by atoms with Gasteiger partial charge < -0.3 is 0 Å². The third-order valence-electron chi connectivity index (χ3n) is 3.44. The molecule has 2 nitrogen and oxygen atoms in total. The minimum Gasteiger partial charge on any atom is -0.275 e. The maximum Gasteiger partial charge on any atom is 0.151 e. The van der Waals surface area contributed by atoms with Crippen molar-refractivity contribution in [2.24, 2.45) is 5.10 Å². The van der Waals surface area contributed by atoms with Crippen LogP contribution < -0.4 is 5.43 Å². The molecule has 0 spiro atoms. The molecule has 4 heteroatoms. The van der Waals surface area contributed by atoms with E-state index in [-0.39, 0.29) is 11.1 Å². The monoisotopic (exact) mass is 302 g/mol. The van der Waals surface area contributed by atoms with Crippen molar-refractivity contribution in [3.8, 4) is 0 Å². The number of hydrogen-bond donors (Lipinski definition) is 1. The predicted octanol–water partition coefficient (Wildman–Crippen LogP) is 5.10. The number of nitrogens with one attached hydrogen (secondary N) is 1. The highest BCUT2D eigenvalue weighted by Crippen LogP contribution is 2.22. The number of nitrogens with zero attached hydrogens (tertiary/aromatic N) is 1. The van der Waals surface area contributed by atoms with E-state index in [0.717, 1.165) is 17.3 Å². The molecule has 2 aromatic rings. The summed E-state index contributed by atoms with van der Waals surface area (Å²) in [6.07, 6.45) is 0. The Morgan fingerprint density at radius 3 is 2.18 bits per heavy atom. The third kappa shape index (κ3) is 3.91. The SMILES string of the molecule is C/C(=N\Nc1ccc(F)cc1F)c1ccc(C(C)(C)C)cc1. The Balaban J connectivity index is 2.15. The molecule has 0 aliphatic heterocycles. The first-order valence-corrected chi connectivity index (χ1v) is 7.13. The zero-order valence-electron chi connectivity index (χ0n) is 13.2. The van der Waals surface area contributed by atoms with E-state index in [1.165, 1.54) is 17.7 Å². The number of halogens is 2. The van der Waals surface area contributed by atoms with E-state index < -0.39 is 11.6 Å². The molecule has 0 saturated carbocycles. The van der Waals surface area contributed by atoms with Crippen LogP contribution in [0.25, 0.3) is 0 Å². The molecule has 116 valence electrons. The fourth-order valence-electron chi connectivity index (χ4n) is 2.00. The lowest BCUT2D eigenvalue weighted by molar-refractivity contribution is 0.585. The molecule has 2 rings (SSSR count). The average molecular weight is 302 g/mol. The lowest BCUT2D eigenvalue weighted by Crippen LogP contribution is -2.11. The highest BCUT2D eigenvalue weighted by Gasteiger charge is 2.13. The van der Waals surface area contributed by atoms with E-state index >= 15 is 0 Å². The van der Waals surface area contributed by atoms with Crippen LogP contribution in [0, 0.1) is 11.6 Å². The van der Waals surface area contributed by atoms with Gasteiger partial charge >= 0.3 is 0 Å². The van der Waals surface area contributed by atoms with E-state index in [1.54, 1.807) is 0 Å². The molecule has 0 unspecified atom stereocenters. The van der Waals surface area contributed by atoms with Gasteiger partial charge in [-0.1, -0.05) is 45.0 Å². The van der Waals surface area contributed by atoms with Gasteiger partial charge in [0, 0.05) is 6.07 Å². The Morgan fingerprint density at radius 1 is 1.00 bits per heavy atom. The van der Waals surface area contributed by atoms with Crippen LogP contribution in [0.1, 0.15) is 38.8 Å². The van der Waals surface area contributed by atoms with Crippen molar-refractivity contribution in [2.75, 3.05) is 5.43 Å². The van der Waals surface area contributed by atoms with Gasteiger partial charge in [0.25, 0.3) is 0 Å². The minimum atomic E-state index is -0.667. The molecule has 0 saturated heterocycles. The van der Waals surface area contributed by atoms with Crippen LogP contribution in [0.5, 0.6) is 0 Å². The minimum absolute atomic E-state index is 0.0963. The summed E-state index contributed by atoms with van der Waals surface area (Å²) in [4.78, 5) is 0. The first-order valence-electron chi connectivity index (χ1n) is 7.13. The first-order chi connectivity index (χ1) is 10.3. The first kappa shape index (κ1) is 16.1. The van der Waals surface area contributed by atoms with E-state index in [0.29, 0.717) is 0 Å². The number of hydrogen-bond acceptors (Lipinski definition) is 2. The molecule has 0 aliphatic carbocycles. The Morgan fingerprint density at radius 2 is 1.64 bits per heavy atom. The quantitative estimate of drug-likeness (QED) is 0.619. The van der Waals surface area contributed by atoms with Gasteiger partial charge in [-0.25, -0.2) is 8.78 Å². The van der Waals surface area contributed by atoms with Crippen LogP contribution in [-0.4, -0.2) is 5.71 Å². The zero-order valence-corrected chi connectivity index (χ0v) is 13.2. The molecular formula is C18H20F2N2. The second-order valence-electron chi connectivity index (χ2n) is 6.26. The van der Waals surface area contributed by atoms with Crippen LogP contribution in [0.4, 0.5) is 14.5 Å². The molecule has 0 amide bonds. The lowest BCUT2D eigenvalue weighted by atomic mass is 9.86. The van der Waals surface area contributed by atoms with Crippen molar-refractivity contribution in [2.45, 2.75) is 33.1 Å². The van der Waals surface area contributed by atoms with Gasteiger partial charge in [0.2, 0.25) is 0 Å². The molecule has 0 fully saturated rings. The van der Waals surface area contributed by atoms with Crippen molar-refractivity contribution in [3.63, 3.8) is 0 Å². The highest BCUT2D eigenvalue weighted by atomic mass is 19.1. The van der Waals surface area contributed by atoms with Crippen LogP contribution in [0.15, 0.2) is 47.6 Å². The number of hydrazone groups is 1. The summed E-state index contributed by atoms with van der Waals surface area (Å²) < 4.78 is 26.4. The van der Waals surface area contributed by atoms with E-state index in [2.05, 4.69) is 43.4 Å². The molecular weight excluding hydrogens is 282 g/mol. The molecule has 0 bridgehead atoms. The van der Waals surface area contributed by atoms with Crippen molar-refractivity contribution >= 4 is 11.4 Å². The molecule has 22 heavy (non-hydrogen) atoms. The normalized spacial score (nSPS) is 12.4. The topological polar surface area (TPSA) is 24.4 Å². The Hall–Kier alpha value is -2.23.